The van der Waals surface area contributed by atoms with Crippen LogP contribution >= 0.6 is 0 Å². The smallest absolute Gasteiger partial charge is 0.310 e. The number of rotatable bonds is 3. The van der Waals surface area contributed by atoms with Crippen molar-refractivity contribution in [2.24, 2.45) is 5.92 Å². The third-order valence-electron chi connectivity index (χ3n) is 3.60. The van der Waals surface area contributed by atoms with Crippen LogP contribution in [0.25, 0.3) is 0 Å². The van der Waals surface area contributed by atoms with Crippen LogP contribution in [-0.4, -0.2) is 30.0 Å². The van der Waals surface area contributed by atoms with Crippen LogP contribution in [0.15, 0.2) is 18.5 Å². The second kappa shape index (κ2) is 6.45. The van der Waals surface area contributed by atoms with E-state index in [4.69, 9.17) is 4.74 Å². The molecule has 1 fully saturated rings. The Morgan fingerprint density at radius 3 is 2.85 bits per heavy atom. The van der Waals surface area contributed by atoms with Crippen LogP contribution < -0.4 is 5.32 Å². The van der Waals surface area contributed by atoms with E-state index in [0.717, 1.165) is 19.0 Å². The van der Waals surface area contributed by atoms with E-state index >= 15 is 0 Å². The largest absolute Gasteiger partial charge is 0.469 e. The van der Waals surface area contributed by atoms with Gasteiger partial charge in [0.25, 0.3) is 5.91 Å². The van der Waals surface area contributed by atoms with Crippen LogP contribution in [-0.2, 0) is 9.53 Å². The van der Waals surface area contributed by atoms with E-state index in [-0.39, 0.29) is 23.5 Å². The number of ether oxygens (including phenoxy) is 1. The molecule has 1 N–H and O–H groups in total. The molecule has 2 atom stereocenters. The molecule has 108 valence electrons. The Morgan fingerprint density at radius 1 is 1.40 bits per heavy atom. The monoisotopic (exact) mass is 280 g/mol. The fourth-order valence-electron chi connectivity index (χ4n) is 2.54. The first-order chi connectivity index (χ1) is 9.63. The molecule has 1 aromatic rings. The van der Waals surface area contributed by atoms with Gasteiger partial charge in [-0.25, -0.2) is 4.39 Å². The summed E-state index contributed by atoms with van der Waals surface area (Å²) in [7, 11) is 1.33. The summed E-state index contributed by atoms with van der Waals surface area (Å²) in [6, 6.07) is 1.01. The topological polar surface area (TPSA) is 68.3 Å². The third-order valence-corrected chi connectivity index (χ3v) is 3.60. The number of amides is 1. The van der Waals surface area contributed by atoms with Crippen molar-refractivity contribution in [2.75, 3.05) is 7.11 Å². The fourth-order valence-corrected chi connectivity index (χ4v) is 2.54. The van der Waals surface area contributed by atoms with Crippen molar-refractivity contribution in [1.29, 1.82) is 0 Å². The summed E-state index contributed by atoms with van der Waals surface area (Å²) in [6.45, 7) is 0. The molecular weight excluding hydrogens is 263 g/mol. The van der Waals surface area contributed by atoms with E-state index in [1.165, 1.54) is 19.4 Å². The lowest BCUT2D eigenvalue weighted by atomic mass is 9.84. The van der Waals surface area contributed by atoms with Crippen LogP contribution in [0.2, 0.25) is 0 Å². The number of pyridine rings is 1. The summed E-state index contributed by atoms with van der Waals surface area (Å²) in [4.78, 5) is 27.4. The van der Waals surface area contributed by atoms with Gasteiger partial charge in [-0.15, -0.1) is 0 Å². The van der Waals surface area contributed by atoms with Crippen LogP contribution in [0.1, 0.15) is 36.0 Å². The molecule has 1 aliphatic rings. The van der Waals surface area contributed by atoms with Gasteiger partial charge in [0.05, 0.1) is 24.8 Å². The minimum Gasteiger partial charge on any atom is -0.469 e. The number of halogens is 1. The van der Waals surface area contributed by atoms with E-state index < -0.39 is 11.7 Å². The molecule has 0 saturated heterocycles. The summed E-state index contributed by atoms with van der Waals surface area (Å²) in [5.74, 6) is -1.88. The highest BCUT2D eigenvalue weighted by atomic mass is 19.1. The normalized spacial score (nSPS) is 22.1. The van der Waals surface area contributed by atoms with Crippen molar-refractivity contribution < 1.29 is 18.7 Å². The van der Waals surface area contributed by atoms with Gasteiger partial charge in [-0.05, 0) is 18.9 Å². The zero-order valence-electron chi connectivity index (χ0n) is 11.3. The van der Waals surface area contributed by atoms with Crippen molar-refractivity contribution in [1.82, 2.24) is 10.3 Å². The fraction of sp³-hybridized carbons (Fsp3) is 0.500. The lowest BCUT2D eigenvalue weighted by molar-refractivity contribution is -0.147. The van der Waals surface area contributed by atoms with Gasteiger partial charge >= 0.3 is 5.97 Å². The quantitative estimate of drug-likeness (QED) is 0.855. The minimum atomic E-state index is -0.671. The van der Waals surface area contributed by atoms with Crippen LogP contribution in [0.5, 0.6) is 0 Å². The first kappa shape index (κ1) is 14.4. The summed E-state index contributed by atoms with van der Waals surface area (Å²) < 4.78 is 18.3. The SMILES string of the molecule is COC(=O)[C@@H]1CCCC[C@@H]1NC(=O)c1ccncc1F. The van der Waals surface area contributed by atoms with E-state index in [9.17, 15) is 14.0 Å². The highest BCUT2D eigenvalue weighted by molar-refractivity contribution is 5.94. The van der Waals surface area contributed by atoms with E-state index in [2.05, 4.69) is 10.3 Å². The Bertz CT molecular complexity index is 507. The molecule has 0 radical (unpaired) electrons. The summed E-state index contributed by atoms with van der Waals surface area (Å²) in [5.41, 5.74) is -0.0609. The Balaban J connectivity index is 2.09. The Labute approximate surface area is 116 Å². The first-order valence-electron chi connectivity index (χ1n) is 6.61. The number of esters is 1. The Morgan fingerprint density at radius 2 is 2.15 bits per heavy atom. The van der Waals surface area contributed by atoms with Crippen molar-refractivity contribution in [3.8, 4) is 0 Å². The predicted molar refractivity (Wildman–Crippen MR) is 69.4 cm³/mol. The minimum absolute atomic E-state index is 0.0609. The van der Waals surface area contributed by atoms with Gasteiger partial charge in [-0.2, -0.15) is 0 Å². The van der Waals surface area contributed by atoms with Gasteiger partial charge in [-0.1, -0.05) is 12.8 Å². The average molecular weight is 280 g/mol. The molecule has 0 bridgehead atoms. The lowest BCUT2D eigenvalue weighted by Crippen LogP contribution is -2.45. The molecule has 2 rings (SSSR count). The van der Waals surface area contributed by atoms with Crippen molar-refractivity contribution in [3.63, 3.8) is 0 Å². The molecule has 1 aliphatic carbocycles. The molecule has 1 heterocycles. The highest BCUT2D eigenvalue weighted by Crippen LogP contribution is 2.25. The summed E-state index contributed by atoms with van der Waals surface area (Å²) >= 11 is 0. The molecular formula is C14H17FN2O3. The number of methoxy groups -OCH3 is 1. The van der Waals surface area contributed by atoms with E-state index in [1.807, 2.05) is 0 Å². The standard InChI is InChI=1S/C14H17FN2O3/c1-20-14(19)10-4-2-3-5-12(10)17-13(18)9-6-7-16-8-11(9)15/h6-8,10,12H,2-5H2,1H3,(H,17,18)/t10-,12+/m1/s1. The number of hydrogen-bond donors (Lipinski definition) is 1. The van der Waals surface area contributed by atoms with Crippen molar-refractivity contribution >= 4 is 11.9 Å². The van der Waals surface area contributed by atoms with E-state index in [0.29, 0.717) is 12.8 Å². The second-order valence-corrected chi connectivity index (χ2v) is 4.85. The van der Waals surface area contributed by atoms with Gasteiger partial charge in [0.1, 0.15) is 0 Å². The molecule has 1 saturated carbocycles. The zero-order chi connectivity index (χ0) is 14.5. The molecule has 0 aliphatic heterocycles. The molecule has 0 aromatic carbocycles. The van der Waals surface area contributed by atoms with Crippen LogP contribution in [0, 0.1) is 11.7 Å². The van der Waals surface area contributed by atoms with Gasteiger partial charge < -0.3 is 10.1 Å². The maximum atomic E-state index is 13.5. The third kappa shape index (κ3) is 3.12. The summed E-state index contributed by atoms with van der Waals surface area (Å²) in [6.07, 6.45) is 5.58. The van der Waals surface area contributed by atoms with E-state index in [1.54, 1.807) is 0 Å². The molecule has 0 unspecified atom stereocenters. The Hall–Kier alpha value is -1.98. The molecule has 1 aromatic heterocycles. The average Bonchev–Trinajstić information content (AvgIpc) is 2.47. The number of aromatic nitrogens is 1. The first-order valence-corrected chi connectivity index (χ1v) is 6.61. The number of carbonyl (C=O) groups excluding carboxylic acids is 2. The summed E-state index contributed by atoms with van der Waals surface area (Å²) in [5, 5.41) is 2.73. The number of nitrogens with zero attached hydrogens (tertiary/aromatic N) is 1. The van der Waals surface area contributed by atoms with Gasteiger partial charge in [0.15, 0.2) is 5.82 Å². The second-order valence-electron chi connectivity index (χ2n) is 4.85. The zero-order valence-corrected chi connectivity index (χ0v) is 11.3. The van der Waals surface area contributed by atoms with Crippen molar-refractivity contribution in [2.45, 2.75) is 31.7 Å². The lowest BCUT2D eigenvalue weighted by Gasteiger charge is -2.30. The van der Waals surface area contributed by atoms with Crippen LogP contribution in [0.4, 0.5) is 4.39 Å². The van der Waals surface area contributed by atoms with Gasteiger partial charge in [-0.3, -0.25) is 14.6 Å². The predicted octanol–water partition coefficient (Wildman–Crippen LogP) is 1.68. The molecule has 6 heteroatoms. The molecule has 20 heavy (non-hydrogen) atoms. The van der Waals surface area contributed by atoms with Crippen molar-refractivity contribution in [3.05, 3.63) is 29.8 Å². The highest BCUT2D eigenvalue weighted by Gasteiger charge is 2.33. The maximum absolute atomic E-state index is 13.5. The number of hydrogen-bond acceptors (Lipinski definition) is 4. The molecule has 1 amide bonds. The number of carbonyl (C=O) groups is 2. The van der Waals surface area contributed by atoms with Gasteiger partial charge in [0, 0.05) is 12.2 Å². The maximum Gasteiger partial charge on any atom is 0.310 e. The Kier molecular flexibility index (Phi) is 4.65. The molecule has 0 spiro atoms. The molecule has 5 nitrogen and oxygen atoms in total. The van der Waals surface area contributed by atoms with Gasteiger partial charge in [0.2, 0.25) is 0 Å². The number of nitrogens with one attached hydrogen (secondary N) is 1. The van der Waals surface area contributed by atoms with Crippen LogP contribution in [0.3, 0.4) is 0 Å².